The van der Waals surface area contributed by atoms with Crippen LogP contribution in [0.15, 0.2) is 24.3 Å². The summed E-state index contributed by atoms with van der Waals surface area (Å²) in [6.45, 7) is 11.7. The summed E-state index contributed by atoms with van der Waals surface area (Å²) in [6, 6.07) is 9.04. The highest BCUT2D eigenvalue weighted by atomic mass is 16.5. The van der Waals surface area contributed by atoms with Crippen molar-refractivity contribution in [2.75, 3.05) is 53.0 Å². The molecular weight excluding hydrogens is 276 g/mol. The molecule has 0 amide bonds. The molecule has 1 aliphatic rings. The van der Waals surface area contributed by atoms with Gasteiger partial charge in [0.05, 0.1) is 13.7 Å². The lowest BCUT2D eigenvalue weighted by Crippen LogP contribution is -2.52. The van der Waals surface area contributed by atoms with E-state index in [1.807, 2.05) is 12.1 Å². The fourth-order valence-corrected chi connectivity index (χ4v) is 3.01. The van der Waals surface area contributed by atoms with Crippen LogP contribution in [0.3, 0.4) is 0 Å². The first-order valence-corrected chi connectivity index (χ1v) is 8.40. The molecule has 0 bridgehead atoms. The Bertz CT molecular complexity index is 422. The molecule has 1 aromatic carbocycles. The van der Waals surface area contributed by atoms with Gasteiger partial charge < -0.3 is 14.4 Å². The SMILES string of the molecule is CCOCCN1CCN(CCc2ccc(OC)cc2)C[C@@H]1C. The summed E-state index contributed by atoms with van der Waals surface area (Å²) < 4.78 is 10.7. The van der Waals surface area contributed by atoms with Crippen LogP contribution in [0.1, 0.15) is 19.4 Å². The van der Waals surface area contributed by atoms with Gasteiger partial charge in [-0.1, -0.05) is 12.1 Å². The van der Waals surface area contributed by atoms with Crippen molar-refractivity contribution in [3.8, 4) is 5.75 Å². The summed E-state index contributed by atoms with van der Waals surface area (Å²) in [5.74, 6) is 0.931. The first kappa shape index (κ1) is 17.3. The number of piperazine rings is 1. The molecule has 1 aromatic rings. The Morgan fingerprint density at radius 3 is 2.55 bits per heavy atom. The summed E-state index contributed by atoms with van der Waals surface area (Å²) in [5.41, 5.74) is 1.38. The topological polar surface area (TPSA) is 24.9 Å². The largest absolute Gasteiger partial charge is 0.497 e. The van der Waals surface area contributed by atoms with Gasteiger partial charge in [0.25, 0.3) is 0 Å². The lowest BCUT2D eigenvalue weighted by molar-refractivity contribution is 0.0498. The normalized spacial score (nSPS) is 20.2. The number of rotatable bonds is 8. The highest BCUT2D eigenvalue weighted by molar-refractivity contribution is 5.27. The van der Waals surface area contributed by atoms with Crippen molar-refractivity contribution >= 4 is 0 Å². The molecule has 124 valence electrons. The van der Waals surface area contributed by atoms with Gasteiger partial charge in [-0.05, 0) is 38.0 Å². The minimum Gasteiger partial charge on any atom is -0.497 e. The van der Waals surface area contributed by atoms with Gasteiger partial charge in [-0.15, -0.1) is 0 Å². The molecule has 1 aliphatic heterocycles. The number of nitrogens with zero attached hydrogens (tertiary/aromatic N) is 2. The third-order valence-corrected chi connectivity index (χ3v) is 4.45. The zero-order chi connectivity index (χ0) is 15.8. The predicted octanol–water partition coefficient (Wildman–Crippen LogP) is 2.28. The number of benzene rings is 1. The summed E-state index contributed by atoms with van der Waals surface area (Å²) >= 11 is 0. The van der Waals surface area contributed by atoms with E-state index in [9.17, 15) is 0 Å². The van der Waals surface area contributed by atoms with Crippen molar-refractivity contribution < 1.29 is 9.47 Å². The van der Waals surface area contributed by atoms with E-state index < -0.39 is 0 Å². The van der Waals surface area contributed by atoms with Crippen molar-refractivity contribution in [1.29, 1.82) is 0 Å². The first-order valence-electron chi connectivity index (χ1n) is 8.40. The predicted molar refractivity (Wildman–Crippen MR) is 90.7 cm³/mol. The molecule has 1 fully saturated rings. The Kier molecular flexibility index (Phi) is 7.16. The number of hydrogen-bond acceptors (Lipinski definition) is 4. The van der Waals surface area contributed by atoms with Gasteiger partial charge >= 0.3 is 0 Å². The highest BCUT2D eigenvalue weighted by Crippen LogP contribution is 2.14. The highest BCUT2D eigenvalue weighted by Gasteiger charge is 2.22. The van der Waals surface area contributed by atoms with Gasteiger partial charge in [-0.3, -0.25) is 4.90 Å². The molecule has 0 N–H and O–H groups in total. The smallest absolute Gasteiger partial charge is 0.118 e. The first-order chi connectivity index (χ1) is 10.7. The Balaban J connectivity index is 1.71. The van der Waals surface area contributed by atoms with E-state index in [0.29, 0.717) is 6.04 Å². The minimum atomic E-state index is 0.616. The molecular formula is C18H30N2O2. The van der Waals surface area contributed by atoms with Gasteiger partial charge in [-0.2, -0.15) is 0 Å². The monoisotopic (exact) mass is 306 g/mol. The molecule has 2 rings (SSSR count). The Hall–Kier alpha value is -1.10. The van der Waals surface area contributed by atoms with Crippen LogP contribution in [0.5, 0.6) is 5.75 Å². The van der Waals surface area contributed by atoms with Crippen molar-refractivity contribution in [3.63, 3.8) is 0 Å². The maximum absolute atomic E-state index is 5.47. The third-order valence-electron chi connectivity index (χ3n) is 4.45. The Morgan fingerprint density at radius 2 is 1.91 bits per heavy atom. The maximum atomic E-state index is 5.47. The van der Waals surface area contributed by atoms with Gasteiger partial charge in [0, 0.05) is 45.4 Å². The fraction of sp³-hybridized carbons (Fsp3) is 0.667. The van der Waals surface area contributed by atoms with Gasteiger partial charge in [0.15, 0.2) is 0 Å². The molecule has 1 heterocycles. The van der Waals surface area contributed by atoms with E-state index in [-0.39, 0.29) is 0 Å². The lowest BCUT2D eigenvalue weighted by Gasteiger charge is -2.39. The van der Waals surface area contributed by atoms with Crippen molar-refractivity contribution in [1.82, 2.24) is 9.80 Å². The summed E-state index contributed by atoms with van der Waals surface area (Å²) in [6.07, 6.45) is 1.11. The van der Waals surface area contributed by atoms with Gasteiger partial charge in [-0.25, -0.2) is 0 Å². The van der Waals surface area contributed by atoms with Crippen molar-refractivity contribution in [2.24, 2.45) is 0 Å². The standard InChI is InChI=1S/C18H30N2O2/c1-4-22-14-13-20-12-11-19(15-16(20)2)10-9-17-5-7-18(21-3)8-6-17/h5-8,16H,4,9-15H2,1-3H3/t16-/m0/s1. The van der Waals surface area contributed by atoms with Crippen LogP contribution in [0.25, 0.3) is 0 Å². The van der Waals surface area contributed by atoms with Crippen LogP contribution >= 0.6 is 0 Å². The summed E-state index contributed by atoms with van der Waals surface area (Å²) in [4.78, 5) is 5.12. The second kappa shape index (κ2) is 9.13. The van der Waals surface area contributed by atoms with E-state index in [2.05, 4.69) is 35.8 Å². The maximum Gasteiger partial charge on any atom is 0.118 e. The van der Waals surface area contributed by atoms with E-state index in [1.54, 1.807) is 7.11 Å². The molecule has 0 saturated carbocycles. The Labute approximate surface area is 135 Å². The van der Waals surface area contributed by atoms with Crippen LogP contribution in [0.4, 0.5) is 0 Å². The molecule has 4 nitrogen and oxygen atoms in total. The van der Waals surface area contributed by atoms with Crippen molar-refractivity contribution in [3.05, 3.63) is 29.8 Å². The third kappa shape index (κ3) is 5.27. The molecule has 0 spiro atoms. The molecule has 0 unspecified atom stereocenters. The summed E-state index contributed by atoms with van der Waals surface area (Å²) in [5, 5.41) is 0. The second-order valence-electron chi connectivity index (χ2n) is 5.98. The lowest BCUT2D eigenvalue weighted by atomic mass is 10.1. The zero-order valence-corrected chi connectivity index (χ0v) is 14.3. The molecule has 1 saturated heterocycles. The Morgan fingerprint density at radius 1 is 1.14 bits per heavy atom. The molecule has 1 atom stereocenters. The van der Waals surface area contributed by atoms with E-state index in [0.717, 1.165) is 58.1 Å². The van der Waals surface area contributed by atoms with Crippen LogP contribution in [0.2, 0.25) is 0 Å². The van der Waals surface area contributed by atoms with E-state index >= 15 is 0 Å². The van der Waals surface area contributed by atoms with Crippen LogP contribution < -0.4 is 4.74 Å². The molecule has 0 radical (unpaired) electrons. The van der Waals surface area contributed by atoms with Crippen LogP contribution in [-0.4, -0.2) is 68.9 Å². The van der Waals surface area contributed by atoms with Crippen molar-refractivity contribution in [2.45, 2.75) is 26.3 Å². The molecule has 0 aromatic heterocycles. The molecule has 4 heteroatoms. The second-order valence-corrected chi connectivity index (χ2v) is 5.98. The number of methoxy groups -OCH3 is 1. The van der Waals surface area contributed by atoms with Crippen LogP contribution in [-0.2, 0) is 11.2 Å². The molecule has 0 aliphatic carbocycles. The molecule has 22 heavy (non-hydrogen) atoms. The quantitative estimate of drug-likeness (QED) is 0.688. The fourth-order valence-electron chi connectivity index (χ4n) is 3.01. The average molecular weight is 306 g/mol. The zero-order valence-electron chi connectivity index (χ0n) is 14.3. The number of ether oxygens (including phenoxy) is 2. The van der Waals surface area contributed by atoms with E-state index in [1.165, 1.54) is 5.56 Å². The van der Waals surface area contributed by atoms with Crippen LogP contribution in [0, 0.1) is 0 Å². The van der Waals surface area contributed by atoms with Gasteiger partial charge in [0.1, 0.15) is 5.75 Å². The van der Waals surface area contributed by atoms with Gasteiger partial charge in [0.2, 0.25) is 0 Å². The average Bonchev–Trinajstić information content (AvgIpc) is 2.55. The van der Waals surface area contributed by atoms with E-state index in [4.69, 9.17) is 9.47 Å². The number of hydrogen-bond donors (Lipinski definition) is 0. The minimum absolute atomic E-state index is 0.616. The summed E-state index contributed by atoms with van der Waals surface area (Å²) in [7, 11) is 1.71.